The van der Waals surface area contributed by atoms with E-state index in [9.17, 15) is 19.8 Å². The Hall–Kier alpha value is -2.30. The molecule has 1 aliphatic carbocycles. The van der Waals surface area contributed by atoms with Gasteiger partial charge >= 0.3 is 0 Å². The van der Waals surface area contributed by atoms with E-state index >= 15 is 0 Å². The van der Waals surface area contributed by atoms with Gasteiger partial charge in [0.2, 0.25) is 0 Å². The minimum atomic E-state index is -0.461. The van der Waals surface area contributed by atoms with Gasteiger partial charge in [-0.05, 0) is 31.4 Å². The van der Waals surface area contributed by atoms with Crippen molar-refractivity contribution in [3.8, 4) is 11.5 Å². The molecule has 0 radical (unpaired) electrons. The van der Waals surface area contributed by atoms with E-state index in [-0.39, 0.29) is 22.6 Å². The highest BCUT2D eigenvalue weighted by atomic mass is 16.3. The summed E-state index contributed by atoms with van der Waals surface area (Å²) >= 11 is 0. The predicted molar refractivity (Wildman–Crippen MR) is 73.6 cm³/mol. The van der Waals surface area contributed by atoms with Crippen molar-refractivity contribution in [3.05, 3.63) is 29.3 Å². The number of hydrogen-bond donors (Lipinski definition) is 2. The van der Waals surface area contributed by atoms with Crippen LogP contribution in [0, 0.1) is 0 Å². The van der Waals surface area contributed by atoms with Crippen molar-refractivity contribution >= 4 is 17.3 Å². The largest absolute Gasteiger partial charge is 0.507 e. The van der Waals surface area contributed by atoms with Crippen LogP contribution < -0.4 is 4.90 Å². The summed E-state index contributed by atoms with van der Waals surface area (Å²) in [6.07, 6.45) is 5.39. The molecule has 0 atom stereocenters. The number of carbonyl (C=O) groups is 2. The van der Waals surface area contributed by atoms with Crippen molar-refractivity contribution in [1.29, 1.82) is 0 Å². The molecule has 5 nitrogen and oxygen atoms in total. The monoisotopic (exact) mass is 273 g/mol. The van der Waals surface area contributed by atoms with Gasteiger partial charge in [0, 0.05) is 19.2 Å². The number of nitrogens with zero attached hydrogens (tertiary/aromatic N) is 1. The topological polar surface area (TPSA) is 77.8 Å². The molecule has 3 rings (SSSR count). The van der Waals surface area contributed by atoms with Crippen LogP contribution in [0.15, 0.2) is 18.2 Å². The van der Waals surface area contributed by atoms with Crippen LogP contribution in [0.1, 0.15) is 40.0 Å². The van der Waals surface area contributed by atoms with Crippen LogP contribution in [0.25, 0.3) is 0 Å². The summed E-state index contributed by atoms with van der Waals surface area (Å²) in [5.41, 5.74) is 0.242. The third-order valence-electron chi connectivity index (χ3n) is 3.83. The van der Waals surface area contributed by atoms with Crippen molar-refractivity contribution in [3.63, 3.8) is 0 Å². The number of anilines is 1. The Morgan fingerprint density at radius 3 is 2.15 bits per heavy atom. The standard InChI is InChI=1S/C15H15NO4/c17-10-4-5-11(18)14-13(10)12(19)8-9(15(14)20)16-6-2-1-3-7-16/h4-5,8,19-20H,1-3,6-7H2. The molecule has 1 aromatic rings. The average molecular weight is 273 g/mol. The average Bonchev–Trinajstić information content (AvgIpc) is 2.46. The van der Waals surface area contributed by atoms with Crippen molar-refractivity contribution in [2.24, 2.45) is 0 Å². The van der Waals surface area contributed by atoms with Gasteiger partial charge in [0.25, 0.3) is 0 Å². The molecule has 0 amide bonds. The fourth-order valence-corrected chi connectivity index (χ4v) is 2.83. The van der Waals surface area contributed by atoms with E-state index in [1.54, 1.807) is 0 Å². The van der Waals surface area contributed by atoms with E-state index in [1.807, 2.05) is 4.90 Å². The van der Waals surface area contributed by atoms with Crippen molar-refractivity contribution in [1.82, 2.24) is 0 Å². The quantitative estimate of drug-likeness (QED) is 0.765. The number of phenols is 2. The first-order chi connectivity index (χ1) is 9.59. The Morgan fingerprint density at radius 2 is 1.50 bits per heavy atom. The first-order valence-corrected chi connectivity index (χ1v) is 6.70. The van der Waals surface area contributed by atoms with E-state index in [2.05, 4.69) is 0 Å². The van der Waals surface area contributed by atoms with Crippen molar-refractivity contribution < 1.29 is 19.8 Å². The van der Waals surface area contributed by atoms with Gasteiger partial charge in [-0.2, -0.15) is 0 Å². The highest BCUT2D eigenvalue weighted by molar-refractivity contribution is 6.25. The molecule has 2 N–H and O–H groups in total. The molecule has 0 unspecified atom stereocenters. The molecule has 0 bridgehead atoms. The lowest BCUT2D eigenvalue weighted by molar-refractivity contribution is 0.0989. The van der Waals surface area contributed by atoms with E-state index in [1.165, 1.54) is 6.07 Å². The van der Waals surface area contributed by atoms with Crippen LogP contribution in [0.2, 0.25) is 0 Å². The predicted octanol–water partition coefficient (Wildman–Crippen LogP) is 2.02. The lowest BCUT2D eigenvalue weighted by Crippen LogP contribution is -2.30. The number of ketones is 2. The minimum Gasteiger partial charge on any atom is -0.507 e. The number of piperidine rings is 1. The minimum absolute atomic E-state index is 0.0851. The second-order valence-electron chi connectivity index (χ2n) is 5.12. The Labute approximate surface area is 116 Å². The molecule has 0 saturated carbocycles. The van der Waals surface area contributed by atoms with E-state index in [0.29, 0.717) is 5.69 Å². The van der Waals surface area contributed by atoms with Gasteiger partial charge in [-0.1, -0.05) is 0 Å². The third kappa shape index (κ3) is 1.86. The molecular formula is C15H15NO4. The van der Waals surface area contributed by atoms with Gasteiger partial charge in [0.15, 0.2) is 17.3 Å². The smallest absolute Gasteiger partial charge is 0.190 e. The summed E-state index contributed by atoms with van der Waals surface area (Å²) in [5.74, 6) is -1.37. The first-order valence-electron chi connectivity index (χ1n) is 6.70. The maximum Gasteiger partial charge on any atom is 0.190 e. The molecule has 20 heavy (non-hydrogen) atoms. The van der Waals surface area contributed by atoms with Gasteiger partial charge in [0.1, 0.15) is 5.75 Å². The summed E-state index contributed by atoms with van der Waals surface area (Å²) in [6.45, 7) is 1.54. The molecule has 0 aromatic heterocycles. The highest BCUT2D eigenvalue weighted by Crippen LogP contribution is 2.41. The van der Waals surface area contributed by atoms with Crippen LogP contribution in [0.3, 0.4) is 0 Å². The molecule has 2 aliphatic rings. The van der Waals surface area contributed by atoms with E-state index < -0.39 is 11.6 Å². The number of fused-ring (bicyclic) bond motifs is 1. The fourth-order valence-electron chi connectivity index (χ4n) is 2.83. The summed E-state index contributed by atoms with van der Waals surface area (Å²) < 4.78 is 0. The zero-order valence-corrected chi connectivity index (χ0v) is 10.9. The SMILES string of the molecule is O=C1C=CC(=O)c2c(O)c(N3CCCCC3)cc(O)c21. The second-order valence-corrected chi connectivity index (χ2v) is 5.12. The molecule has 1 aromatic carbocycles. The lowest BCUT2D eigenvalue weighted by Gasteiger charge is -2.30. The lowest BCUT2D eigenvalue weighted by atomic mass is 9.91. The van der Waals surface area contributed by atoms with Crippen LogP contribution in [-0.2, 0) is 0 Å². The fraction of sp³-hybridized carbons (Fsp3) is 0.333. The second kappa shape index (κ2) is 4.67. The number of carbonyl (C=O) groups excluding carboxylic acids is 2. The maximum absolute atomic E-state index is 11.9. The number of allylic oxidation sites excluding steroid dienone is 2. The highest BCUT2D eigenvalue weighted by Gasteiger charge is 2.30. The number of phenolic OH excluding ortho intramolecular Hbond substituents is 2. The number of rotatable bonds is 1. The van der Waals surface area contributed by atoms with Crippen LogP contribution in [0.5, 0.6) is 11.5 Å². The zero-order valence-electron chi connectivity index (χ0n) is 10.9. The summed E-state index contributed by atoms with van der Waals surface area (Å²) in [7, 11) is 0. The molecule has 1 aliphatic heterocycles. The van der Waals surface area contributed by atoms with Gasteiger partial charge in [-0.15, -0.1) is 0 Å². The van der Waals surface area contributed by atoms with Crippen LogP contribution in [0.4, 0.5) is 5.69 Å². The molecule has 1 saturated heterocycles. The molecular weight excluding hydrogens is 258 g/mol. The van der Waals surface area contributed by atoms with Gasteiger partial charge in [-0.25, -0.2) is 0 Å². The van der Waals surface area contributed by atoms with Gasteiger partial charge < -0.3 is 15.1 Å². The Kier molecular flexibility index (Phi) is 2.97. The first kappa shape index (κ1) is 12.7. The number of aromatic hydroxyl groups is 2. The maximum atomic E-state index is 11.9. The Bertz CT molecular complexity index is 627. The Morgan fingerprint density at radius 1 is 0.900 bits per heavy atom. The third-order valence-corrected chi connectivity index (χ3v) is 3.83. The molecule has 0 spiro atoms. The Balaban J connectivity index is 2.16. The summed E-state index contributed by atoms with van der Waals surface area (Å²) in [4.78, 5) is 25.6. The van der Waals surface area contributed by atoms with Crippen molar-refractivity contribution in [2.75, 3.05) is 18.0 Å². The normalized spacial score (nSPS) is 18.3. The van der Waals surface area contributed by atoms with Gasteiger partial charge in [-0.3, -0.25) is 9.59 Å². The van der Waals surface area contributed by atoms with E-state index in [0.717, 1.165) is 44.5 Å². The molecule has 5 heteroatoms. The van der Waals surface area contributed by atoms with Crippen molar-refractivity contribution in [2.45, 2.75) is 19.3 Å². The van der Waals surface area contributed by atoms with Crippen LogP contribution in [-0.4, -0.2) is 34.9 Å². The summed E-state index contributed by atoms with van der Waals surface area (Å²) in [6, 6.07) is 1.38. The molecule has 104 valence electrons. The van der Waals surface area contributed by atoms with Gasteiger partial charge in [0.05, 0.1) is 16.8 Å². The number of benzene rings is 1. The van der Waals surface area contributed by atoms with E-state index in [4.69, 9.17) is 0 Å². The summed E-state index contributed by atoms with van der Waals surface area (Å²) in [5, 5.41) is 20.4. The zero-order chi connectivity index (χ0) is 14.3. The van der Waals surface area contributed by atoms with Crippen LogP contribution >= 0.6 is 0 Å². The molecule has 1 fully saturated rings. The molecule has 1 heterocycles. The number of hydrogen-bond acceptors (Lipinski definition) is 5.